The quantitative estimate of drug-likeness (QED) is 0.123. The lowest BCUT2D eigenvalue weighted by Gasteiger charge is -2.15. The van der Waals surface area contributed by atoms with E-state index in [1.54, 1.807) is 0 Å². The summed E-state index contributed by atoms with van der Waals surface area (Å²) in [6.45, 7) is 0.202. The van der Waals surface area contributed by atoms with Crippen LogP contribution in [0.2, 0.25) is 20.1 Å². The first-order valence-corrected chi connectivity index (χ1v) is 10.3. The van der Waals surface area contributed by atoms with Gasteiger partial charge in [-0.25, -0.2) is 9.59 Å². The van der Waals surface area contributed by atoms with E-state index in [0.717, 1.165) is 0 Å². The van der Waals surface area contributed by atoms with Crippen LogP contribution in [0.3, 0.4) is 0 Å². The summed E-state index contributed by atoms with van der Waals surface area (Å²) in [4.78, 5) is 24.8. The normalized spacial score (nSPS) is 10.7. The predicted molar refractivity (Wildman–Crippen MR) is 107 cm³/mol. The minimum atomic E-state index is -0.849. The second kappa shape index (κ2) is 12.4. The first-order chi connectivity index (χ1) is 12.4. The number of carbonyl (C=O) groups is 2. The SMILES string of the molecule is O=C(OCCCCCl)c1c(Cl)c(Cl)c(Cl)c(Cl)c1C(=O)OCCCCCl. The lowest BCUT2D eigenvalue weighted by atomic mass is 10.1. The van der Waals surface area contributed by atoms with Crippen molar-refractivity contribution in [3.05, 3.63) is 31.2 Å². The molecule has 1 aromatic carbocycles. The van der Waals surface area contributed by atoms with E-state index in [4.69, 9.17) is 79.1 Å². The zero-order valence-corrected chi connectivity index (χ0v) is 18.1. The molecule has 1 aromatic rings. The zero-order chi connectivity index (χ0) is 19.7. The number of benzene rings is 1. The molecular weight excluding hydrogens is 469 g/mol. The molecule has 0 fully saturated rings. The van der Waals surface area contributed by atoms with E-state index in [1.165, 1.54) is 0 Å². The summed E-state index contributed by atoms with van der Waals surface area (Å²) in [5, 5.41) is -0.748. The maximum Gasteiger partial charge on any atom is 0.340 e. The number of esters is 2. The highest BCUT2D eigenvalue weighted by atomic mass is 35.5. The molecule has 146 valence electrons. The molecule has 0 aliphatic rings. The standard InChI is InChI=1S/C16H16Cl6O4/c17-5-1-3-7-25-15(23)9-10(16(24)26-8-4-2-6-18)12(20)14(22)13(21)11(9)19/h1-8H2. The molecule has 0 spiro atoms. The third-order valence-corrected chi connectivity index (χ3v) is 5.53. The highest BCUT2D eigenvalue weighted by molar-refractivity contribution is 6.54. The molecule has 0 N–H and O–H groups in total. The van der Waals surface area contributed by atoms with Gasteiger partial charge in [0.2, 0.25) is 0 Å². The van der Waals surface area contributed by atoms with Gasteiger partial charge in [0.1, 0.15) is 0 Å². The van der Waals surface area contributed by atoms with Crippen molar-refractivity contribution in [2.24, 2.45) is 0 Å². The van der Waals surface area contributed by atoms with Gasteiger partial charge in [0.25, 0.3) is 0 Å². The van der Waals surface area contributed by atoms with Crippen LogP contribution in [0, 0.1) is 0 Å². The Kier molecular flexibility index (Phi) is 11.4. The molecule has 0 aliphatic carbocycles. The van der Waals surface area contributed by atoms with Gasteiger partial charge in [0.15, 0.2) is 0 Å². The summed E-state index contributed by atoms with van der Waals surface area (Å²) in [7, 11) is 0. The molecule has 4 nitrogen and oxygen atoms in total. The van der Waals surface area contributed by atoms with Gasteiger partial charge in [0, 0.05) is 11.8 Å². The van der Waals surface area contributed by atoms with Crippen LogP contribution in [-0.2, 0) is 9.47 Å². The van der Waals surface area contributed by atoms with Crippen LogP contribution in [-0.4, -0.2) is 36.9 Å². The monoisotopic (exact) mass is 482 g/mol. The number of hydrogen-bond acceptors (Lipinski definition) is 4. The van der Waals surface area contributed by atoms with Crippen LogP contribution in [0.15, 0.2) is 0 Å². The van der Waals surface area contributed by atoms with Crippen LogP contribution >= 0.6 is 69.6 Å². The fourth-order valence-corrected chi connectivity index (χ4v) is 3.27. The van der Waals surface area contributed by atoms with Crippen molar-refractivity contribution >= 4 is 81.5 Å². The highest BCUT2D eigenvalue weighted by Crippen LogP contribution is 2.42. The molecule has 26 heavy (non-hydrogen) atoms. The van der Waals surface area contributed by atoms with Gasteiger partial charge < -0.3 is 9.47 Å². The van der Waals surface area contributed by atoms with Gasteiger partial charge in [0.05, 0.1) is 44.4 Å². The van der Waals surface area contributed by atoms with Crippen LogP contribution in [0.4, 0.5) is 0 Å². The number of rotatable bonds is 10. The van der Waals surface area contributed by atoms with Crippen molar-refractivity contribution < 1.29 is 19.1 Å². The molecular formula is C16H16Cl6O4. The molecule has 10 heteroatoms. The van der Waals surface area contributed by atoms with Crippen molar-refractivity contribution in [3.8, 4) is 0 Å². The second-order valence-corrected chi connectivity index (χ2v) is 7.34. The molecule has 1 rings (SSSR count). The Balaban J connectivity index is 3.13. The molecule has 0 unspecified atom stereocenters. The Labute approximate surface area is 181 Å². The first-order valence-electron chi connectivity index (χ1n) is 7.68. The molecule has 0 aromatic heterocycles. The van der Waals surface area contributed by atoms with Crippen LogP contribution in [0.5, 0.6) is 0 Å². The molecule has 0 saturated heterocycles. The Morgan fingerprint density at radius 1 is 0.615 bits per heavy atom. The maximum atomic E-state index is 12.4. The van der Waals surface area contributed by atoms with Gasteiger partial charge in [-0.3, -0.25) is 0 Å². The third-order valence-electron chi connectivity index (χ3n) is 3.20. The van der Waals surface area contributed by atoms with E-state index in [-0.39, 0.29) is 44.4 Å². The largest absolute Gasteiger partial charge is 0.462 e. The minimum Gasteiger partial charge on any atom is -0.462 e. The van der Waals surface area contributed by atoms with E-state index in [2.05, 4.69) is 0 Å². The van der Waals surface area contributed by atoms with E-state index in [1.807, 2.05) is 0 Å². The lowest BCUT2D eigenvalue weighted by Crippen LogP contribution is -2.17. The maximum absolute atomic E-state index is 12.4. The number of carbonyl (C=O) groups excluding carboxylic acids is 2. The van der Waals surface area contributed by atoms with E-state index < -0.39 is 11.9 Å². The Morgan fingerprint density at radius 3 is 1.27 bits per heavy atom. The molecule has 0 saturated carbocycles. The van der Waals surface area contributed by atoms with Crippen LogP contribution in [0.25, 0.3) is 0 Å². The van der Waals surface area contributed by atoms with E-state index in [0.29, 0.717) is 37.4 Å². The molecule has 0 radical (unpaired) electrons. The van der Waals surface area contributed by atoms with Gasteiger partial charge in [-0.15, -0.1) is 23.2 Å². The number of halogens is 6. The van der Waals surface area contributed by atoms with E-state index >= 15 is 0 Å². The van der Waals surface area contributed by atoms with Crippen molar-refractivity contribution in [2.45, 2.75) is 25.7 Å². The number of alkyl halides is 2. The topological polar surface area (TPSA) is 52.6 Å². The summed E-state index contributed by atoms with van der Waals surface area (Å²) < 4.78 is 10.3. The summed E-state index contributed by atoms with van der Waals surface area (Å²) in [5.74, 6) is -0.816. The molecule has 0 bridgehead atoms. The fraction of sp³-hybridized carbons (Fsp3) is 0.500. The number of ether oxygens (including phenoxy) is 2. The van der Waals surface area contributed by atoms with Crippen molar-refractivity contribution in [2.75, 3.05) is 25.0 Å². The Hall–Kier alpha value is -0.100. The van der Waals surface area contributed by atoms with Crippen LogP contribution in [0.1, 0.15) is 46.4 Å². The van der Waals surface area contributed by atoms with E-state index in [9.17, 15) is 9.59 Å². The minimum absolute atomic E-state index is 0.101. The van der Waals surface area contributed by atoms with Gasteiger partial charge in [-0.1, -0.05) is 46.4 Å². The average Bonchev–Trinajstić information content (AvgIpc) is 2.63. The Morgan fingerprint density at radius 2 is 0.962 bits per heavy atom. The van der Waals surface area contributed by atoms with Gasteiger partial charge in [-0.2, -0.15) is 0 Å². The number of unbranched alkanes of at least 4 members (excludes halogenated alkanes) is 2. The van der Waals surface area contributed by atoms with Crippen molar-refractivity contribution in [1.82, 2.24) is 0 Å². The summed E-state index contributed by atoms with van der Waals surface area (Å²) in [6.07, 6.45) is 2.45. The summed E-state index contributed by atoms with van der Waals surface area (Å²) in [6, 6.07) is 0. The molecule has 0 atom stereocenters. The predicted octanol–water partition coefficient (Wildman–Crippen LogP) is 6.65. The molecule has 0 heterocycles. The first kappa shape index (κ1) is 23.9. The Bertz CT molecular complexity index is 595. The van der Waals surface area contributed by atoms with Crippen LogP contribution < -0.4 is 0 Å². The van der Waals surface area contributed by atoms with Gasteiger partial charge in [-0.05, 0) is 25.7 Å². The van der Waals surface area contributed by atoms with Crippen molar-refractivity contribution in [3.63, 3.8) is 0 Å². The molecule has 0 aliphatic heterocycles. The van der Waals surface area contributed by atoms with Crippen molar-refractivity contribution in [1.29, 1.82) is 0 Å². The lowest BCUT2D eigenvalue weighted by molar-refractivity contribution is 0.0453. The fourth-order valence-electron chi connectivity index (χ4n) is 1.88. The average molecular weight is 485 g/mol. The third kappa shape index (κ3) is 6.50. The second-order valence-electron chi connectivity index (χ2n) is 5.07. The summed E-state index contributed by atoms with van der Waals surface area (Å²) in [5.41, 5.74) is -0.557. The number of hydrogen-bond donors (Lipinski definition) is 0. The zero-order valence-electron chi connectivity index (χ0n) is 13.6. The smallest absolute Gasteiger partial charge is 0.340 e. The molecule has 0 amide bonds. The van der Waals surface area contributed by atoms with Gasteiger partial charge >= 0.3 is 11.9 Å². The highest BCUT2D eigenvalue weighted by Gasteiger charge is 2.30. The summed E-state index contributed by atoms with van der Waals surface area (Å²) >= 11 is 35.4.